The SMILES string of the molecule is O=C1CC(c2ccccc2F)c2cnn(-c3ccccc3Cl)c2N1. The maximum absolute atomic E-state index is 14.2. The maximum atomic E-state index is 14.2. The van der Waals surface area contributed by atoms with Crippen LogP contribution in [0.15, 0.2) is 54.7 Å². The summed E-state index contributed by atoms with van der Waals surface area (Å²) in [7, 11) is 0. The summed E-state index contributed by atoms with van der Waals surface area (Å²) in [5.41, 5.74) is 1.93. The molecule has 1 aromatic heterocycles. The summed E-state index contributed by atoms with van der Waals surface area (Å²) >= 11 is 6.24. The van der Waals surface area contributed by atoms with Crippen LogP contribution >= 0.6 is 11.6 Å². The highest BCUT2D eigenvalue weighted by Crippen LogP contribution is 2.39. The van der Waals surface area contributed by atoms with Crippen molar-refractivity contribution in [2.24, 2.45) is 0 Å². The Morgan fingerprint density at radius 1 is 1.12 bits per heavy atom. The van der Waals surface area contributed by atoms with Gasteiger partial charge < -0.3 is 5.32 Å². The molecular weight excluding hydrogens is 329 g/mol. The van der Waals surface area contributed by atoms with Crippen LogP contribution in [0.2, 0.25) is 5.02 Å². The van der Waals surface area contributed by atoms with Crippen LogP contribution in [0.3, 0.4) is 0 Å². The first-order chi connectivity index (χ1) is 11.6. The topological polar surface area (TPSA) is 46.9 Å². The minimum Gasteiger partial charge on any atom is -0.310 e. The van der Waals surface area contributed by atoms with E-state index >= 15 is 0 Å². The third-order valence-corrected chi connectivity index (χ3v) is 4.50. The van der Waals surface area contributed by atoms with Crippen molar-refractivity contribution in [1.82, 2.24) is 9.78 Å². The number of anilines is 1. The number of hydrogen-bond acceptors (Lipinski definition) is 2. The lowest BCUT2D eigenvalue weighted by Crippen LogP contribution is -2.25. The molecule has 1 aliphatic rings. The zero-order valence-corrected chi connectivity index (χ0v) is 13.3. The van der Waals surface area contributed by atoms with Crippen LogP contribution in [-0.2, 0) is 4.79 Å². The van der Waals surface area contributed by atoms with Crippen LogP contribution < -0.4 is 5.32 Å². The number of nitrogens with zero attached hydrogens (tertiary/aromatic N) is 2. The smallest absolute Gasteiger partial charge is 0.226 e. The Kier molecular flexibility index (Phi) is 3.58. The van der Waals surface area contributed by atoms with Crippen molar-refractivity contribution in [3.63, 3.8) is 0 Å². The average molecular weight is 342 g/mol. The summed E-state index contributed by atoms with van der Waals surface area (Å²) < 4.78 is 15.8. The molecule has 1 amide bonds. The number of aromatic nitrogens is 2. The van der Waals surface area contributed by atoms with Crippen molar-refractivity contribution in [3.05, 3.63) is 76.7 Å². The Morgan fingerprint density at radius 3 is 2.67 bits per heavy atom. The van der Waals surface area contributed by atoms with Gasteiger partial charge in [-0.25, -0.2) is 9.07 Å². The second-order valence-electron chi connectivity index (χ2n) is 5.64. The summed E-state index contributed by atoms with van der Waals surface area (Å²) in [6.45, 7) is 0. The predicted molar refractivity (Wildman–Crippen MR) is 90.1 cm³/mol. The lowest BCUT2D eigenvalue weighted by atomic mass is 9.87. The molecule has 1 unspecified atom stereocenters. The molecule has 3 aromatic rings. The Balaban J connectivity index is 1.87. The van der Waals surface area contributed by atoms with Gasteiger partial charge in [0.25, 0.3) is 0 Å². The van der Waals surface area contributed by atoms with E-state index in [2.05, 4.69) is 10.4 Å². The van der Waals surface area contributed by atoms with Crippen molar-refractivity contribution < 1.29 is 9.18 Å². The summed E-state index contributed by atoms with van der Waals surface area (Å²) in [6, 6.07) is 13.7. The monoisotopic (exact) mass is 341 g/mol. The lowest BCUT2D eigenvalue weighted by molar-refractivity contribution is -0.116. The molecular formula is C18H13ClFN3O. The largest absolute Gasteiger partial charge is 0.310 e. The van der Waals surface area contributed by atoms with Crippen LogP contribution in [-0.4, -0.2) is 15.7 Å². The molecule has 6 heteroatoms. The van der Waals surface area contributed by atoms with Crippen molar-refractivity contribution in [1.29, 1.82) is 0 Å². The molecule has 0 saturated heterocycles. The van der Waals surface area contributed by atoms with Gasteiger partial charge in [0.1, 0.15) is 11.6 Å². The second-order valence-corrected chi connectivity index (χ2v) is 6.05. The van der Waals surface area contributed by atoms with Gasteiger partial charge in [-0.15, -0.1) is 0 Å². The molecule has 0 aliphatic carbocycles. The van der Waals surface area contributed by atoms with Gasteiger partial charge in [0.05, 0.1) is 16.9 Å². The van der Waals surface area contributed by atoms with E-state index in [1.54, 1.807) is 35.1 Å². The zero-order valence-electron chi connectivity index (χ0n) is 12.5. The number of carbonyl (C=O) groups is 1. The summed E-state index contributed by atoms with van der Waals surface area (Å²) in [4.78, 5) is 12.2. The number of hydrogen-bond donors (Lipinski definition) is 1. The number of fused-ring (bicyclic) bond motifs is 1. The van der Waals surface area contributed by atoms with Crippen LogP contribution in [0, 0.1) is 5.82 Å². The van der Waals surface area contributed by atoms with E-state index in [1.165, 1.54) is 6.07 Å². The molecule has 0 radical (unpaired) electrons. The first-order valence-corrected chi connectivity index (χ1v) is 7.90. The number of halogens is 2. The zero-order chi connectivity index (χ0) is 16.7. The van der Waals surface area contributed by atoms with Crippen molar-refractivity contribution in [3.8, 4) is 5.69 Å². The van der Waals surface area contributed by atoms with Gasteiger partial charge in [0, 0.05) is 17.9 Å². The van der Waals surface area contributed by atoms with Gasteiger partial charge >= 0.3 is 0 Å². The van der Waals surface area contributed by atoms with Crippen molar-refractivity contribution in [2.75, 3.05) is 5.32 Å². The number of rotatable bonds is 2. The molecule has 0 bridgehead atoms. The molecule has 0 spiro atoms. The van der Waals surface area contributed by atoms with E-state index in [4.69, 9.17) is 11.6 Å². The lowest BCUT2D eigenvalue weighted by Gasteiger charge is -2.24. The van der Waals surface area contributed by atoms with Gasteiger partial charge in [-0.3, -0.25) is 4.79 Å². The highest BCUT2D eigenvalue weighted by atomic mass is 35.5. The first-order valence-electron chi connectivity index (χ1n) is 7.52. The fraction of sp³-hybridized carbons (Fsp3) is 0.111. The standard InChI is InChI=1S/C18H13ClFN3O/c19-14-6-2-4-8-16(14)23-18-13(10-21-23)12(9-17(24)22-18)11-5-1-3-7-15(11)20/h1-8,10,12H,9H2,(H,22,24). The summed E-state index contributed by atoms with van der Waals surface area (Å²) in [5.74, 6) is -0.336. The fourth-order valence-electron chi connectivity index (χ4n) is 3.06. The molecule has 1 atom stereocenters. The molecule has 4 nitrogen and oxygen atoms in total. The van der Waals surface area contributed by atoms with Crippen LogP contribution in [0.5, 0.6) is 0 Å². The van der Waals surface area contributed by atoms with Gasteiger partial charge in [0.2, 0.25) is 5.91 Å². The van der Waals surface area contributed by atoms with Crippen molar-refractivity contribution in [2.45, 2.75) is 12.3 Å². The van der Waals surface area contributed by atoms with Crippen LogP contribution in [0.1, 0.15) is 23.5 Å². The molecule has 2 aromatic carbocycles. The van der Waals surface area contributed by atoms with Crippen LogP contribution in [0.25, 0.3) is 5.69 Å². The minimum absolute atomic E-state index is 0.176. The quantitative estimate of drug-likeness (QED) is 0.761. The number of amides is 1. The summed E-state index contributed by atoms with van der Waals surface area (Å²) in [5, 5.41) is 7.72. The Labute approximate surface area is 142 Å². The Morgan fingerprint density at radius 2 is 1.88 bits per heavy atom. The van der Waals surface area contributed by atoms with E-state index < -0.39 is 0 Å². The molecule has 2 heterocycles. The van der Waals surface area contributed by atoms with E-state index in [0.29, 0.717) is 22.1 Å². The molecule has 120 valence electrons. The molecule has 0 fully saturated rings. The fourth-order valence-corrected chi connectivity index (χ4v) is 3.28. The highest BCUT2D eigenvalue weighted by Gasteiger charge is 2.32. The third kappa shape index (κ3) is 2.37. The molecule has 4 rings (SSSR count). The third-order valence-electron chi connectivity index (χ3n) is 4.18. The van der Waals surface area contributed by atoms with Gasteiger partial charge in [-0.1, -0.05) is 41.9 Å². The molecule has 24 heavy (non-hydrogen) atoms. The Bertz CT molecular complexity index is 938. The maximum Gasteiger partial charge on any atom is 0.226 e. The molecule has 1 aliphatic heterocycles. The number of benzene rings is 2. The molecule has 1 N–H and O–H groups in total. The van der Waals surface area contributed by atoms with E-state index in [-0.39, 0.29) is 24.1 Å². The Hall–Kier alpha value is -2.66. The van der Waals surface area contributed by atoms with E-state index in [1.807, 2.05) is 18.2 Å². The van der Waals surface area contributed by atoms with Crippen molar-refractivity contribution >= 4 is 23.3 Å². The highest BCUT2D eigenvalue weighted by molar-refractivity contribution is 6.32. The number of carbonyl (C=O) groups excluding carboxylic acids is 1. The van der Waals surface area contributed by atoms with E-state index in [9.17, 15) is 9.18 Å². The summed E-state index contributed by atoms with van der Waals surface area (Å²) in [6.07, 6.45) is 1.84. The number of para-hydroxylation sites is 1. The van der Waals surface area contributed by atoms with Crippen LogP contribution in [0.4, 0.5) is 10.2 Å². The second kappa shape index (κ2) is 5.76. The van der Waals surface area contributed by atoms with Gasteiger partial charge in [-0.2, -0.15) is 5.10 Å². The minimum atomic E-state index is -0.369. The van der Waals surface area contributed by atoms with Gasteiger partial charge in [-0.05, 0) is 23.8 Å². The predicted octanol–water partition coefficient (Wildman–Crippen LogP) is 4.14. The first kappa shape index (κ1) is 14.9. The van der Waals surface area contributed by atoms with E-state index in [0.717, 1.165) is 5.56 Å². The van der Waals surface area contributed by atoms with Gasteiger partial charge in [0.15, 0.2) is 0 Å². The molecule has 0 saturated carbocycles. The average Bonchev–Trinajstić information content (AvgIpc) is 2.99. The number of nitrogens with one attached hydrogen (secondary N) is 1. The normalized spacial score (nSPS) is 16.6.